The van der Waals surface area contributed by atoms with E-state index in [2.05, 4.69) is 4.72 Å². The Morgan fingerprint density at radius 3 is 2.50 bits per heavy atom. The maximum Gasteiger partial charge on any atom is 0.243 e. The van der Waals surface area contributed by atoms with Gasteiger partial charge in [-0.2, -0.15) is 0 Å². The SMILES string of the molecule is Nc1c(F)ccc(S(=O)(=O)NC2CCS(=O)(=O)C2)c1F. The van der Waals surface area contributed by atoms with E-state index in [0.717, 1.165) is 12.1 Å². The quantitative estimate of drug-likeness (QED) is 0.761. The highest BCUT2D eigenvalue weighted by molar-refractivity contribution is 7.92. The van der Waals surface area contributed by atoms with Crippen LogP contribution in [0.1, 0.15) is 6.42 Å². The van der Waals surface area contributed by atoms with Crippen molar-refractivity contribution in [2.24, 2.45) is 0 Å². The molecule has 20 heavy (non-hydrogen) atoms. The van der Waals surface area contributed by atoms with Gasteiger partial charge in [-0.1, -0.05) is 0 Å². The van der Waals surface area contributed by atoms with Crippen LogP contribution in [0, 0.1) is 11.6 Å². The Morgan fingerprint density at radius 2 is 1.95 bits per heavy atom. The van der Waals surface area contributed by atoms with Crippen molar-refractivity contribution >= 4 is 25.5 Å². The first-order valence-electron chi connectivity index (χ1n) is 5.58. The van der Waals surface area contributed by atoms with Gasteiger partial charge in [0.2, 0.25) is 10.0 Å². The number of nitrogens with two attached hydrogens (primary N) is 1. The molecule has 1 unspecified atom stereocenters. The summed E-state index contributed by atoms with van der Waals surface area (Å²) in [6, 6.07) is 0.654. The van der Waals surface area contributed by atoms with E-state index in [4.69, 9.17) is 5.73 Å². The Labute approximate surface area is 114 Å². The third-order valence-corrected chi connectivity index (χ3v) is 6.24. The summed E-state index contributed by atoms with van der Waals surface area (Å²) < 4.78 is 75.2. The van der Waals surface area contributed by atoms with Gasteiger partial charge in [-0.15, -0.1) is 0 Å². The lowest BCUT2D eigenvalue weighted by atomic mass is 10.3. The van der Waals surface area contributed by atoms with E-state index in [0.29, 0.717) is 0 Å². The Kier molecular flexibility index (Phi) is 3.73. The van der Waals surface area contributed by atoms with E-state index in [1.54, 1.807) is 0 Å². The van der Waals surface area contributed by atoms with Crippen LogP contribution in [0.25, 0.3) is 0 Å². The number of nitrogens with one attached hydrogen (secondary N) is 1. The summed E-state index contributed by atoms with van der Waals surface area (Å²) in [7, 11) is -7.58. The second-order valence-electron chi connectivity index (χ2n) is 4.49. The molecule has 1 saturated heterocycles. The van der Waals surface area contributed by atoms with Crippen molar-refractivity contribution < 1.29 is 25.6 Å². The van der Waals surface area contributed by atoms with E-state index in [-0.39, 0.29) is 17.9 Å². The minimum atomic E-state index is -4.30. The molecule has 2 rings (SSSR count). The molecule has 0 bridgehead atoms. The number of anilines is 1. The molecule has 3 N–H and O–H groups in total. The van der Waals surface area contributed by atoms with Crippen LogP contribution in [-0.4, -0.2) is 34.4 Å². The highest BCUT2D eigenvalue weighted by atomic mass is 32.2. The predicted molar refractivity (Wildman–Crippen MR) is 68.2 cm³/mol. The summed E-state index contributed by atoms with van der Waals surface area (Å²) >= 11 is 0. The number of sulfone groups is 1. The second-order valence-corrected chi connectivity index (χ2v) is 8.41. The third-order valence-electron chi connectivity index (χ3n) is 2.93. The minimum Gasteiger partial charge on any atom is -0.394 e. The average Bonchev–Trinajstić information content (AvgIpc) is 2.64. The van der Waals surface area contributed by atoms with Gasteiger partial charge in [0.05, 0.1) is 11.5 Å². The zero-order valence-electron chi connectivity index (χ0n) is 10.1. The fourth-order valence-electron chi connectivity index (χ4n) is 1.93. The Balaban J connectivity index is 2.30. The van der Waals surface area contributed by atoms with Gasteiger partial charge in [0.25, 0.3) is 0 Å². The van der Waals surface area contributed by atoms with Crippen LogP contribution < -0.4 is 10.5 Å². The molecule has 1 aliphatic heterocycles. The lowest BCUT2D eigenvalue weighted by Gasteiger charge is -2.13. The summed E-state index contributed by atoms with van der Waals surface area (Å²) in [4.78, 5) is -0.805. The van der Waals surface area contributed by atoms with Gasteiger partial charge < -0.3 is 5.73 Å². The minimum absolute atomic E-state index is 0.111. The van der Waals surface area contributed by atoms with Crippen molar-refractivity contribution in [2.75, 3.05) is 17.2 Å². The fourth-order valence-corrected chi connectivity index (χ4v) is 5.07. The molecule has 0 amide bonds. The lowest BCUT2D eigenvalue weighted by molar-refractivity contribution is 0.538. The molecule has 6 nitrogen and oxygen atoms in total. The van der Waals surface area contributed by atoms with E-state index in [1.807, 2.05) is 0 Å². The highest BCUT2D eigenvalue weighted by Crippen LogP contribution is 2.23. The average molecular weight is 326 g/mol. The molecule has 1 fully saturated rings. The molecule has 0 saturated carbocycles. The largest absolute Gasteiger partial charge is 0.394 e. The fraction of sp³-hybridized carbons (Fsp3) is 0.400. The first-order valence-corrected chi connectivity index (χ1v) is 8.89. The summed E-state index contributed by atoms with van der Waals surface area (Å²) in [6.45, 7) is 0. The number of hydrogen-bond donors (Lipinski definition) is 2. The summed E-state index contributed by atoms with van der Waals surface area (Å²) in [5.74, 6) is -2.93. The van der Waals surface area contributed by atoms with Crippen LogP contribution in [0.15, 0.2) is 17.0 Å². The van der Waals surface area contributed by atoms with Crippen molar-refractivity contribution in [3.8, 4) is 0 Å². The first kappa shape index (κ1) is 15.1. The number of benzene rings is 1. The maximum absolute atomic E-state index is 13.7. The molecule has 1 aromatic rings. The van der Waals surface area contributed by atoms with Gasteiger partial charge in [-0.3, -0.25) is 0 Å². The maximum atomic E-state index is 13.7. The summed E-state index contributed by atoms with van der Waals surface area (Å²) in [5, 5.41) is 0. The van der Waals surface area contributed by atoms with Gasteiger partial charge in [-0.05, 0) is 18.6 Å². The molecule has 0 aliphatic carbocycles. The summed E-state index contributed by atoms with van der Waals surface area (Å²) in [5.41, 5.74) is 4.20. The Bertz CT molecular complexity index is 747. The van der Waals surface area contributed by atoms with Crippen molar-refractivity contribution in [1.29, 1.82) is 0 Å². The Hall–Kier alpha value is -1.26. The van der Waals surface area contributed by atoms with Crippen LogP contribution in [0.2, 0.25) is 0 Å². The summed E-state index contributed by atoms with van der Waals surface area (Å²) in [6.07, 6.45) is 0.111. The van der Waals surface area contributed by atoms with Crippen LogP contribution in [-0.2, 0) is 19.9 Å². The van der Waals surface area contributed by atoms with Crippen LogP contribution in [0.4, 0.5) is 14.5 Å². The molecular weight excluding hydrogens is 314 g/mol. The molecule has 0 radical (unpaired) electrons. The van der Waals surface area contributed by atoms with E-state index in [9.17, 15) is 25.6 Å². The highest BCUT2D eigenvalue weighted by Gasteiger charge is 2.32. The third kappa shape index (κ3) is 2.91. The van der Waals surface area contributed by atoms with Crippen LogP contribution >= 0.6 is 0 Å². The van der Waals surface area contributed by atoms with E-state index >= 15 is 0 Å². The van der Waals surface area contributed by atoms with Crippen LogP contribution in [0.5, 0.6) is 0 Å². The van der Waals surface area contributed by atoms with E-state index < -0.39 is 48.1 Å². The standard InChI is InChI=1S/C10H12F2N2O4S2/c11-7-1-2-8(9(12)10(7)13)20(17,18)14-6-3-4-19(15,16)5-6/h1-2,6,14H,3-5,13H2. The predicted octanol–water partition coefficient (Wildman–Crippen LogP) is 0.0124. The van der Waals surface area contributed by atoms with Gasteiger partial charge >= 0.3 is 0 Å². The van der Waals surface area contributed by atoms with Gasteiger partial charge in [0.15, 0.2) is 15.7 Å². The topological polar surface area (TPSA) is 106 Å². The zero-order valence-corrected chi connectivity index (χ0v) is 11.8. The number of hydrogen-bond acceptors (Lipinski definition) is 5. The molecule has 1 heterocycles. The molecule has 112 valence electrons. The molecule has 1 aromatic carbocycles. The number of nitrogen functional groups attached to an aromatic ring is 1. The molecule has 1 aliphatic rings. The number of sulfonamides is 1. The van der Waals surface area contributed by atoms with Crippen molar-refractivity contribution in [3.05, 3.63) is 23.8 Å². The van der Waals surface area contributed by atoms with Crippen molar-refractivity contribution in [1.82, 2.24) is 4.72 Å². The van der Waals surface area contributed by atoms with E-state index in [1.165, 1.54) is 0 Å². The van der Waals surface area contributed by atoms with Gasteiger partial charge in [0.1, 0.15) is 16.4 Å². The normalized spacial score (nSPS) is 22.0. The van der Waals surface area contributed by atoms with Crippen LogP contribution in [0.3, 0.4) is 0 Å². The molecular formula is C10H12F2N2O4S2. The number of halogens is 2. The zero-order chi connectivity index (χ0) is 15.1. The smallest absolute Gasteiger partial charge is 0.243 e. The number of rotatable bonds is 3. The lowest BCUT2D eigenvalue weighted by Crippen LogP contribution is -2.36. The monoisotopic (exact) mass is 326 g/mol. The molecule has 1 atom stereocenters. The van der Waals surface area contributed by atoms with Gasteiger partial charge in [-0.25, -0.2) is 30.3 Å². The molecule has 10 heteroatoms. The van der Waals surface area contributed by atoms with Crippen molar-refractivity contribution in [2.45, 2.75) is 17.4 Å². The molecule has 0 aromatic heterocycles. The second kappa shape index (κ2) is 4.93. The van der Waals surface area contributed by atoms with Gasteiger partial charge in [0, 0.05) is 6.04 Å². The first-order chi connectivity index (χ1) is 9.12. The molecule has 0 spiro atoms. The Morgan fingerprint density at radius 1 is 1.30 bits per heavy atom. The van der Waals surface area contributed by atoms with Crippen molar-refractivity contribution in [3.63, 3.8) is 0 Å².